The third-order valence-electron chi connectivity index (χ3n) is 1.06. The molecule has 0 fully saturated rings. The fourth-order valence-electron chi connectivity index (χ4n) is 0.664. The molecule has 1 aromatic rings. The number of fused-ring (bicyclic) bond motifs is 1. The number of anilines is 1. The molecule has 46 valence electrons. The van der Waals surface area contributed by atoms with Gasteiger partial charge in [0.05, 0.1) is 6.20 Å². The number of hydrogen-bond donors (Lipinski definition) is 2. The van der Waals surface area contributed by atoms with E-state index in [1.807, 2.05) is 0 Å². The van der Waals surface area contributed by atoms with Crippen LogP contribution in [-0.4, -0.2) is 15.1 Å². The van der Waals surface area contributed by atoms with Crippen LogP contribution in [0.25, 0.3) is 0 Å². The van der Waals surface area contributed by atoms with Crippen molar-refractivity contribution in [2.45, 2.75) is 0 Å². The Balaban J connectivity index is 2.46. The van der Waals surface area contributed by atoms with Crippen LogP contribution in [0, 0.1) is 0 Å². The Kier molecular flexibility index (Phi) is 0.717. The Bertz CT molecular complexity index is 214. The van der Waals surface area contributed by atoms with Crippen LogP contribution in [0.1, 0.15) is 0 Å². The van der Waals surface area contributed by atoms with Crippen LogP contribution < -0.4 is 10.7 Å². The molecule has 0 aromatic carbocycles. The first kappa shape index (κ1) is 4.37. The summed E-state index contributed by atoms with van der Waals surface area (Å²) in [5, 5.41) is 10.3. The van der Waals surface area contributed by atoms with E-state index in [2.05, 4.69) is 21.1 Å². The zero-order valence-corrected chi connectivity index (χ0v) is 4.57. The van der Waals surface area contributed by atoms with Gasteiger partial charge in [0, 0.05) is 12.4 Å². The van der Waals surface area contributed by atoms with Crippen LogP contribution in [-0.2, 0) is 0 Å². The molecule has 9 heavy (non-hydrogen) atoms. The van der Waals surface area contributed by atoms with E-state index in [1.165, 1.54) is 0 Å². The minimum Gasteiger partial charge on any atom is -0.342 e. The summed E-state index contributed by atoms with van der Waals surface area (Å²) in [7, 11) is 0. The highest BCUT2D eigenvalue weighted by atomic mass is 15.6. The van der Waals surface area contributed by atoms with E-state index in [0.29, 0.717) is 0 Å². The van der Waals surface area contributed by atoms with Crippen molar-refractivity contribution < 1.29 is 0 Å². The lowest BCUT2D eigenvalue weighted by Crippen LogP contribution is -2.16. The molecular formula is C4H5N5. The van der Waals surface area contributed by atoms with Crippen molar-refractivity contribution in [3.05, 3.63) is 18.6 Å². The molecule has 1 aromatic heterocycles. The molecule has 0 aliphatic carbocycles. The molecule has 1 aliphatic heterocycles. The standard InChI is InChI=1S/C4H5N5/c1-2-7-9-4(5-1)3-6-8-9/h1-3,5,7H. The van der Waals surface area contributed by atoms with Gasteiger partial charge in [-0.05, 0) is 5.21 Å². The Morgan fingerprint density at radius 2 is 2.44 bits per heavy atom. The van der Waals surface area contributed by atoms with E-state index in [-0.39, 0.29) is 0 Å². The predicted molar refractivity (Wildman–Crippen MR) is 32.1 cm³/mol. The van der Waals surface area contributed by atoms with Crippen molar-refractivity contribution in [3.63, 3.8) is 0 Å². The first-order valence-corrected chi connectivity index (χ1v) is 2.55. The van der Waals surface area contributed by atoms with Gasteiger partial charge in [-0.3, -0.25) is 5.43 Å². The van der Waals surface area contributed by atoms with E-state index in [1.54, 1.807) is 23.4 Å². The minimum atomic E-state index is 0.845. The van der Waals surface area contributed by atoms with Gasteiger partial charge in [-0.15, -0.1) is 9.89 Å². The molecule has 2 N–H and O–H groups in total. The summed E-state index contributed by atoms with van der Waals surface area (Å²) in [5.41, 5.74) is 2.84. The molecule has 5 nitrogen and oxygen atoms in total. The minimum absolute atomic E-state index is 0.845. The second-order valence-corrected chi connectivity index (χ2v) is 1.64. The largest absolute Gasteiger partial charge is 0.342 e. The summed E-state index contributed by atoms with van der Waals surface area (Å²) >= 11 is 0. The van der Waals surface area contributed by atoms with Gasteiger partial charge < -0.3 is 5.32 Å². The second kappa shape index (κ2) is 1.48. The first-order valence-electron chi connectivity index (χ1n) is 2.55. The maximum atomic E-state index is 3.70. The Morgan fingerprint density at radius 3 is 3.33 bits per heavy atom. The lowest BCUT2D eigenvalue weighted by atomic mass is 10.7. The van der Waals surface area contributed by atoms with Gasteiger partial charge in [0.1, 0.15) is 0 Å². The highest BCUT2D eigenvalue weighted by molar-refractivity contribution is 5.38. The van der Waals surface area contributed by atoms with E-state index < -0.39 is 0 Å². The summed E-state index contributed by atoms with van der Waals surface area (Å²) in [6.07, 6.45) is 5.15. The van der Waals surface area contributed by atoms with Gasteiger partial charge in [0.25, 0.3) is 0 Å². The van der Waals surface area contributed by atoms with E-state index in [4.69, 9.17) is 0 Å². The van der Waals surface area contributed by atoms with Crippen LogP contribution in [0.2, 0.25) is 0 Å². The molecule has 1 aliphatic rings. The smallest absolute Gasteiger partial charge is 0.172 e. The Hall–Kier alpha value is -1.52. The fraction of sp³-hybridized carbons (Fsp3) is 0. The van der Waals surface area contributed by atoms with Gasteiger partial charge in [0.15, 0.2) is 5.82 Å². The average molecular weight is 123 g/mol. The number of hydrogen-bond acceptors (Lipinski definition) is 4. The molecular weight excluding hydrogens is 118 g/mol. The highest BCUT2D eigenvalue weighted by Gasteiger charge is 2.00. The number of nitrogens with zero attached hydrogens (tertiary/aromatic N) is 3. The maximum Gasteiger partial charge on any atom is 0.172 e. The molecule has 0 atom stereocenters. The van der Waals surface area contributed by atoms with Gasteiger partial charge in [-0.1, -0.05) is 0 Å². The lowest BCUT2D eigenvalue weighted by molar-refractivity contribution is 0.741. The molecule has 2 heterocycles. The van der Waals surface area contributed by atoms with Crippen LogP contribution in [0.5, 0.6) is 0 Å². The highest BCUT2D eigenvalue weighted by Crippen LogP contribution is 2.03. The number of rotatable bonds is 0. The lowest BCUT2D eigenvalue weighted by Gasteiger charge is -2.08. The van der Waals surface area contributed by atoms with Crippen molar-refractivity contribution in [1.82, 2.24) is 15.1 Å². The molecule has 0 saturated heterocycles. The third kappa shape index (κ3) is 0.543. The molecule has 5 heteroatoms. The summed E-state index contributed by atoms with van der Waals surface area (Å²) < 4.78 is 0. The molecule has 0 radical (unpaired) electrons. The summed E-state index contributed by atoms with van der Waals surface area (Å²) in [5.74, 6) is 0.845. The van der Waals surface area contributed by atoms with E-state index >= 15 is 0 Å². The molecule has 0 unspecified atom stereocenters. The molecule has 0 saturated carbocycles. The molecule has 0 spiro atoms. The summed E-state index contributed by atoms with van der Waals surface area (Å²) in [6, 6.07) is 0. The summed E-state index contributed by atoms with van der Waals surface area (Å²) in [4.78, 5) is 1.54. The van der Waals surface area contributed by atoms with Crippen molar-refractivity contribution in [2.24, 2.45) is 0 Å². The van der Waals surface area contributed by atoms with Gasteiger partial charge in [0.2, 0.25) is 0 Å². The van der Waals surface area contributed by atoms with Gasteiger partial charge >= 0.3 is 0 Å². The number of nitrogens with one attached hydrogen (secondary N) is 2. The normalized spacial score (nSPS) is 13.8. The molecule has 0 amide bonds. The van der Waals surface area contributed by atoms with E-state index in [9.17, 15) is 0 Å². The zero-order chi connectivity index (χ0) is 6.10. The van der Waals surface area contributed by atoms with Crippen molar-refractivity contribution in [1.29, 1.82) is 0 Å². The van der Waals surface area contributed by atoms with Crippen molar-refractivity contribution in [2.75, 3.05) is 10.7 Å². The van der Waals surface area contributed by atoms with Crippen molar-refractivity contribution >= 4 is 5.82 Å². The van der Waals surface area contributed by atoms with Crippen LogP contribution in [0.3, 0.4) is 0 Å². The second-order valence-electron chi connectivity index (χ2n) is 1.64. The third-order valence-corrected chi connectivity index (χ3v) is 1.06. The maximum absolute atomic E-state index is 3.70. The molecule has 0 bridgehead atoms. The van der Waals surface area contributed by atoms with Crippen molar-refractivity contribution in [3.8, 4) is 0 Å². The number of aromatic nitrogens is 3. The topological polar surface area (TPSA) is 54.8 Å². The first-order chi connectivity index (χ1) is 4.47. The SMILES string of the molecule is C1=CNn2nncc2N1. The quantitative estimate of drug-likeness (QED) is 0.498. The predicted octanol–water partition coefficient (Wildman–Crippen LogP) is -0.282. The van der Waals surface area contributed by atoms with Crippen LogP contribution in [0.15, 0.2) is 18.6 Å². The van der Waals surface area contributed by atoms with Crippen LogP contribution in [0.4, 0.5) is 5.82 Å². The van der Waals surface area contributed by atoms with Gasteiger partial charge in [-0.2, -0.15) is 0 Å². The Morgan fingerprint density at radius 1 is 1.44 bits per heavy atom. The summed E-state index contributed by atoms with van der Waals surface area (Å²) in [6.45, 7) is 0. The monoisotopic (exact) mass is 123 g/mol. The van der Waals surface area contributed by atoms with E-state index in [0.717, 1.165) is 5.82 Å². The average Bonchev–Trinajstić information content (AvgIpc) is 2.33. The fourth-order valence-corrected chi connectivity index (χ4v) is 0.664. The Labute approximate surface area is 51.3 Å². The molecule has 2 rings (SSSR count). The van der Waals surface area contributed by atoms with Gasteiger partial charge in [-0.25, -0.2) is 0 Å². The zero-order valence-electron chi connectivity index (χ0n) is 4.57. The van der Waals surface area contributed by atoms with Crippen LogP contribution >= 0.6 is 0 Å².